The average molecular weight is 471 g/mol. The number of benzene rings is 1. The van der Waals surface area contributed by atoms with Gasteiger partial charge in [0.05, 0.1) is 16.4 Å². The van der Waals surface area contributed by atoms with Gasteiger partial charge in [0.25, 0.3) is 5.91 Å². The molecule has 1 aromatic heterocycles. The van der Waals surface area contributed by atoms with Crippen molar-refractivity contribution in [3.05, 3.63) is 28.6 Å². The van der Waals surface area contributed by atoms with Crippen LogP contribution in [0, 0.1) is 11.3 Å². The number of ether oxygens (including phenoxy) is 2. The van der Waals surface area contributed by atoms with Gasteiger partial charge < -0.3 is 9.47 Å². The summed E-state index contributed by atoms with van der Waals surface area (Å²) >= 11 is 1.64. The van der Waals surface area contributed by atoms with Crippen LogP contribution in [0.25, 0.3) is 11.3 Å². The number of hydrogen-bond acceptors (Lipinski definition) is 6. The number of aryl methyl sites for hydroxylation is 1. The monoisotopic (exact) mass is 470 g/mol. The predicted octanol–water partition coefficient (Wildman–Crippen LogP) is 5.64. The maximum absolute atomic E-state index is 12.8. The second-order valence-electron chi connectivity index (χ2n) is 10.2. The lowest BCUT2D eigenvalue weighted by Crippen LogP contribution is -2.43. The third-order valence-corrected chi connectivity index (χ3v) is 7.61. The summed E-state index contributed by atoms with van der Waals surface area (Å²) in [6.45, 7) is 8.78. The third kappa shape index (κ3) is 5.57. The Bertz CT molecular complexity index is 1000. The smallest absolute Gasteiger partial charge is 0.326 e. The highest BCUT2D eigenvalue weighted by Crippen LogP contribution is 2.39. The molecule has 0 bridgehead atoms. The summed E-state index contributed by atoms with van der Waals surface area (Å²) in [4.78, 5) is 31.6. The molecule has 6 nitrogen and oxygen atoms in total. The molecule has 4 rings (SSSR count). The van der Waals surface area contributed by atoms with Crippen LogP contribution in [-0.4, -0.2) is 36.1 Å². The first-order chi connectivity index (χ1) is 15.7. The number of carbonyl (C=O) groups excluding carboxylic acids is 2. The van der Waals surface area contributed by atoms with Gasteiger partial charge in [-0.1, -0.05) is 27.7 Å². The Hall–Kier alpha value is -2.41. The fraction of sp³-hybridized carbons (Fsp3) is 0.577. The number of fused-ring (bicyclic) bond motifs is 1. The number of aromatic nitrogens is 1. The summed E-state index contributed by atoms with van der Waals surface area (Å²) in [5.74, 6) is 0.653. The number of rotatable bonds is 6. The van der Waals surface area contributed by atoms with Crippen LogP contribution in [0.4, 0.5) is 5.69 Å². The molecule has 1 amide bonds. The molecular formula is C26H34N2O4S. The SMILES string of the molecule is CCCc1nc(-c2ccc3c(c2)N(CC(=O)OC2CCC(C(C)(C)C)CC2)C(=O)CO3)cs1. The number of nitrogens with zero attached hydrogens (tertiary/aromatic N) is 2. The largest absolute Gasteiger partial charge is 0.482 e. The third-order valence-electron chi connectivity index (χ3n) is 6.70. The van der Waals surface area contributed by atoms with E-state index >= 15 is 0 Å². The van der Waals surface area contributed by atoms with Gasteiger partial charge in [-0.3, -0.25) is 14.5 Å². The zero-order valence-electron chi connectivity index (χ0n) is 20.1. The Morgan fingerprint density at radius 2 is 2.00 bits per heavy atom. The van der Waals surface area contributed by atoms with Crippen molar-refractivity contribution in [1.29, 1.82) is 0 Å². The number of carbonyl (C=O) groups is 2. The molecule has 33 heavy (non-hydrogen) atoms. The van der Waals surface area contributed by atoms with E-state index in [2.05, 4.69) is 27.7 Å². The van der Waals surface area contributed by atoms with Crippen molar-refractivity contribution >= 4 is 28.9 Å². The molecule has 1 aliphatic carbocycles. The standard InChI is InChI=1S/C26H34N2O4S/c1-5-6-23-27-20(16-33-23)17-7-12-22-21(13-17)28(24(29)15-31-22)14-25(30)32-19-10-8-18(9-11-19)26(2,3)4/h7,12-13,16,18-19H,5-6,8-11,14-15H2,1-4H3. The molecule has 2 heterocycles. The molecule has 178 valence electrons. The summed E-state index contributed by atoms with van der Waals surface area (Å²) < 4.78 is 11.4. The average Bonchev–Trinajstić information content (AvgIpc) is 3.24. The molecule has 0 radical (unpaired) electrons. The minimum Gasteiger partial charge on any atom is -0.482 e. The van der Waals surface area contributed by atoms with Gasteiger partial charge in [0.15, 0.2) is 6.61 Å². The molecule has 0 unspecified atom stereocenters. The Kier molecular flexibility index (Phi) is 7.07. The number of esters is 1. The van der Waals surface area contributed by atoms with Gasteiger partial charge in [-0.25, -0.2) is 4.98 Å². The molecule has 0 spiro atoms. The minimum atomic E-state index is -0.361. The van der Waals surface area contributed by atoms with Crippen LogP contribution in [0.2, 0.25) is 0 Å². The first kappa shape index (κ1) is 23.7. The van der Waals surface area contributed by atoms with Crippen LogP contribution < -0.4 is 9.64 Å². The fourth-order valence-electron chi connectivity index (χ4n) is 4.71. The fourth-order valence-corrected chi connectivity index (χ4v) is 5.62. The van der Waals surface area contributed by atoms with Crippen molar-refractivity contribution in [2.45, 2.75) is 72.3 Å². The lowest BCUT2D eigenvalue weighted by molar-refractivity contribution is -0.150. The molecule has 0 atom stereocenters. The van der Waals surface area contributed by atoms with E-state index in [9.17, 15) is 9.59 Å². The van der Waals surface area contributed by atoms with E-state index in [4.69, 9.17) is 14.5 Å². The molecule has 1 fully saturated rings. The first-order valence-corrected chi connectivity index (χ1v) is 12.8. The summed E-state index contributed by atoms with van der Waals surface area (Å²) in [5, 5.41) is 3.13. The molecule has 1 saturated carbocycles. The van der Waals surface area contributed by atoms with Crippen LogP contribution in [0.15, 0.2) is 23.6 Å². The molecule has 2 aromatic rings. The van der Waals surface area contributed by atoms with Gasteiger partial charge in [0.1, 0.15) is 18.4 Å². The van der Waals surface area contributed by atoms with Gasteiger partial charge in [0.2, 0.25) is 0 Å². The molecular weight excluding hydrogens is 436 g/mol. The summed E-state index contributed by atoms with van der Waals surface area (Å²) in [6, 6.07) is 5.69. The van der Waals surface area contributed by atoms with E-state index in [0.29, 0.717) is 17.4 Å². The van der Waals surface area contributed by atoms with Crippen molar-refractivity contribution < 1.29 is 19.1 Å². The number of anilines is 1. The van der Waals surface area contributed by atoms with E-state index in [-0.39, 0.29) is 36.5 Å². The molecule has 2 aliphatic rings. The van der Waals surface area contributed by atoms with Crippen LogP contribution in [-0.2, 0) is 20.7 Å². The van der Waals surface area contributed by atoms with Crippen molar-refractivity contribution in [3.8, 4) is 17.0 Å². The van der Waals surface area contributed by atoms with E-state index in [1.807, 2.05) is 23.6 Å². The van der Waals surface area contributed by atoms with Gasteiger partial charge in [-0.15, -0.1) is 11.3 Å². The van der Waals surface area contributed by atoms with Crippen molar-refractivity contribution in [2.75, 3.05) is 18.1 Å². The highest BCUT2D eigenvalue weighted by Gasteiger charge is 2.33. The summed E-state index contributed by atoms with van der Waals surface area (Å²) in [6.07, 6.45) is 5.84. The lowest BCUT2D eigenvalue weighted by Gasteiger charge is -2.37. The second-order valence-corrected chi connectivity index (χ2v) is 11.1. The van der Waals surface area contributed by atoms with E-state index in [1.54, 1.807) is 11.3 Å². The number of amides is 1. The predicted molar refractivity (Wildman–Crippen MR) is 131 cm³/mol. The topological polar surface area (TPSA) is 68.7 Å². The van der Waals surface area contributed by atoms with E-state index < -0.39 is 0 Å². The van der Waals surface area contributed by atoms with Gasteiger partial charge >= 0.3 is 5.97 Å². The molecule has 1 aliphatic heterocycles. The number of hydrogen-bond donors (Lipinski definition) is 0. The quantitative estimate of drug-likeness (QED) is 0.511. The Morgan fingerprint density at radius 1 is 1.24 bits per heavy atom. The minimum absolute atomic E-state index is 0.0648. The Labute approximate surface area is 200 Å². The van der Waals surface area contributed by atoms with Crippen LogP contribution >= 0.6 is 11.3 Å². The molecule has 0 saturated heterocycles. The Morgan fingerprint density at radius 3 is 2.70 bits per heavy atom. The van der Waals surface area contributed by atoms with Crippen LogP contribution in [0.1, 0.15) is 64.8 Å². The van der Waals surface area contributed by atoms with Crippen molar-refractivity contribution in [2.24, 2.45) is 11.3 Å². The maximum Gasteiger partial charge on any atom is 0.326 e. The first-order valence-electron chi connectivity index (χ1n) is 12.0. The molecule has 7 heteroatoms. The number of thiazole rings is 1. The zero-order valence-corrected chi connectivity index (χ0v) is 20.9. The van der Waals surface area contributed by atoms with Gasteiger partial charge in [-0.05, 0) is 68.1 Å². The highest BCUT2D eigenvalue weighted by atomic mass is 32.1. The zero-order chi connectivity index (χ0) is 23.6. The summed E-state index contributed by atoms with van der Waals surface area (Å²) in [5.41, 5.74) is 2.67. The van der Waals surface area contributed by atoms with Crippen molar-refractivity contribution in [3.63, 3.8) is 0 Å². The second kappa shape index (κ2) is 9.84. The molecule has 0 N–H and O–H groups in total. The van der Waals surface area contributed by atoms with Gasteiger partial charge in [0, 0.05) is 10.9 Å². The van der Waals surface area contributed by atoms with E-state index in [1.165, 1.54) is 4.90 Å². The molecule has 1 aromatic carbocycles. The van der Waals surface area contributed by atoms with Crippen LogP contribution in [0.5, 0.6) is 5.75 Å². The van der Waals surface area contributed by atoms with E-state index in [0.717, 1.165) is 54.8 Å². The normalized spacial score (nSPS) is 20.8. The van der Waals surface area contributed by atoms with Gasteiger partial charge in [-0.2, -0.15) is 0 Å². The summed E-state index contributed by atoms with van der Waals surface area (Å²) in [7, 11) is 0. The highest BCUT2D eigenvalue weighted by molar-refractivity contribution is 7.09. The maximum atomic E-state index is 12.8. The lowest BCUT2D eigenvalue weighted by atomic mass is 9.72. The Balaban J connectivity index is 1.44. The van der Waals surface area contributed by atoms with Crippen LogP contribution in [0.3, 0.4) is 0 Å². The van der Waals surface area contributed by atoms with Crippen molar-refractivity contribution in [1.82, 2.24) is 4.98 Å².